The Morgan fingerprint density at radius 2 is 1.95 bits per heavy atom. The van der Waals surface area contributed by atoms with E-state index >= 15 is 0 Å². The number of methoxy groups -OCH3 is 1. The lowest BCUT2D eigenvalue weighted by Gasteiger charge is -2.45. The van der Waals surface area contributed by atoms with Crippen LogP contribution in [0.4, 0.5) is 0 Å². The first-order valence-corrected chi connectivity index (χ1v) is 8.04. The zero-order valence-electron chi connectivity index (χ0n) is 13.7. The lowest BCUT2D eigenvalue weighted by atomic mass is 9.75. The van der Waals surface area contributed by atoms with Gasteiger partial charge in [0.05, 0.1) is 12.0 Å². The number of likely N-dealkylation sites (tertiary alicyclic amines) is 1. The second-order valence-corrected chi connectivity index (χ2v) is 6.96. The van der Waals surface area contributed by atoms with Gasteiger partial charge in [-0.2, -0.15) is 0 Å². The number of piperidine rings is 2. The van der Waals surface area contributed by atoms with Gasteiger partial charge < -0.3 is 15.0 Å². The molecule has 0 aromatic carbocycles. The van der Waals surface area contributed by atoms with Gasteiger partial charge >= 0.3 is 0 Å². The molecular weight excluding hydrogens is 288 g/mol. The maximum absolute atomic E-state index is 13.1. The molecular formula is C16H31ClN2O2. The highest BCUT2D eigenvalue weighted by Gasteiger charge is 2.44. The van der Waals surface area contributed by atoms with Crippen molar-refractivity contribution in [1.82, 2.24) is 10.2 Å². The number of rotatable bonds is 4. The van der Waals surface area contributed by atoms with E-state index in [4.69, 9.17) is 4.74 Å². The molecule has 2 aliphatic rings. The summed E-state index contributed by atoms with van der Waals surface area (Å²) in [6.07, 6.45) is 5.33. The molecule has 1 unspecified atom stereocenters. The van der Waals surface area contributed by atoms with Crippen molar-refractivity contribution in [3.63, 3.8) is 0 Å². The van der Waals surface area contributed by atoms with Crippen LogP contribution in [-0.4, -0.2) is 50.7 Å². The summed E-state index contributed by atoms with van der Waals surface area (Å²) in [5, 5.41) is 3.36. The van der Waals surface area contributed by atoms with Gasteiger partial charge in [0.25, 0.3) is 0 Å². The zero-order valence-corrected chi connectivity index (χ0v) is 14.6. The minimum Gasteiger partial charge on any atom is -0.384 e. The molecule has 0 spiro atoms. The van der Waals surface area contributed by atoms with Crippen molar-refractivity contribution in [2.24, 2.45) is 10.8 Å². The maximum atomic E-state index is 13.1. The Balaban J connectivity index is 0.00000220. The second-order valence-electron chi connectivity index (χ2n) is 6.96. The monoisotopic (exact) mass is 318 g/mol. The van der Waals surface area contributed by atoms with Gasteiger partial charge in [-0.1, -0.05) is 13.8 Å². The quantitative estimate of drug-likeness (QED) is 0.865. The third-order valence-electron chi connectivity index (χ3n) is 5.36. The smallest absolute Gasteiger partial charge is 0.231 e. The maximum Gasteiger partial charge on any atom is 0.231 e. The van der Waals surface area contributed by atoms with E-state index in [0.717, 1.165) is 51.9 Å². The number of carbonyl (C=O) groups excluding carboxylic acids is 1. The van der Waals surface area contributed by atoms with Gasteiger partial charge in [0.15, 0.2) is 0 Å². The van der Waals surface area contributed by atoms with Crippen LogP contribution >= 0.6 is 12.4 Å². The Morgan fingerprint density at radius 3 is 2.52 bits per heavy atom. The Hall–Kier alpha value is -0.320. The van der Waals surface area contributed by atoms with Crippen molar-refractivity contribution in [3.05, 3.63) is 0 Å². The highest BCUT2D eigenvalue weighted by atomic mass is 35.5. The molecule has 1 atom stereocenters. The fourth-order valence-electron chi connectivity index (χ4n) is 3.71. The van der Waals surface area contributed by atoms with E-state index in [1.165, 1.54) is 6.42 Å². The SMILES string of the molecule is CCC1(C)CCCN(C(=O)C2(COC)CCNCC2)C1.Cl. The normalized spacial score (nSPS) is 28.8. The zero-order chi connectivity index (χ0) is 14.6. The fraction of sp³-hybridized carbons (Fsp3) is 0.938. The van der Waals surface area contributed by atoms with Gasteiger partial charge in [-0.3, -0.25) is 4.79 Å². The second kappa shape index (κ2) is 7.80. The van der Waals surface area contributed by atoms with Gasteiger partial charge in [0.1, 0.15) is 0 Å². The average Bonchev–Trinajstić information content (AvgIpc) is 2.48. The van der Waals surface area contributed by atoms with Crippen LogP contribution < -0.4 is 5.32 Å². The van der Waals surface area contributed by atoms with E-state index in [0.29, 0.717) is 17.9 Å². The molecule has 1 amide bonds. The molecule has 124 valence electrons. The molecule has 0 bridgehead atoms. The highest BCUT2D eigenvalue weighted by molar-refractivity contribution is 5.85. The number of amides is 1. The lowest BCUT2D eigenvalue weighted by molar-refractivity contribution is -0.151. The molecule has 0 saturated carbocycles. The number of nitrogens with one attached hydrogen (secondary N) is 1. The van der Waals surface area contributed by atoms with Gasteiger partial charge in [-0.05, 0) is 50.6 Å². The van der Waals surface area contributed by atoms with Crippen LogP contribution in [0, 0.1) is 10.8 Å². The Bertz CT molecular complexity index is 340. The van der Waals surface area contributed by atoms with Crippen molar-refractivity contribution in [2.45, 2.75) is 46.0 Å². The fourth-order valence-corrected chi connectivity index (χ4v) is 3.71. The first kappa shape index (κ1) is 18.7. The average molecular weight is 319 g/mol. The van der Waals surface area contributed by atoms with Gasteiger partial charge in [0.2, 0.25) is 5.91 Å². The van der Waals surface area contributed by atoms with Crippen molar-refractivity contribution < 1.29 is 9.53 Å². The molecule has 0 radical (unpaired) electrons. The summed E-state index contributed by atoms with van der Waals surface area (Å²) < 4.78 is 5.40. The third kappa shape index (κ3) is 4.11. The summed E-state index contributed by atoms with van der Waals surface area (Å²) in [7, 11) is 1.71. The van der Waals surface area contributed by atoms with Crippen LogP contribution in [0.15, 0.2) is 0 Å². The summed E-state index contributed by atoms with van der Waals surface area (Å²) in [6.45, 7) is 8.81. The minimum atomic E-state index is -0.286. The summed E-state index contributed by atoms with van der Waals surface area (Å²) in [5.74, 6) is 0.334. The number of ether oxygens (including phenoxy) is 1. The standard InChI is InChI=1S/C16H30N2O2.ClH/c1-4-15(2)6-5-11-18(12-15)14(19)16(13-20-3)7-9-17-10-8-16;/h17H,4-13H2,1-3H3;1H. The summed E-state index contributed by atoms with van der Waals surface area (Å²) >= 11 is 0. The van der Waals surface area contributed by atoms with Gasteiger partial charge in [0, 0.05) is 20.2 Å². The molecule has 0 aromatic heterocycles. The lowest BCUT2D eigenvalue weighted by Crippen LogP contribution is -2.55. The Kier molecular flexibility index (Phi) is 6.95. The van der Waals surface area contributed by atoms with E-state index in [-0.39, 0.29) is 17.8 Å². The Labute approximate surface area is 135 Å². The molecule has 2 aliphatic heterocycles. The van der Waals surface area contributed by atoms with E-state index in [1.54, 1.807) is 7.11 Å². The van der Waals surface area contributed by atoms with Crippen molar-refractivity contribution in [1.29, 1.82) is 0 Å². The van der Waals surface area contributed by atoms with Gasteiger partial charge in [-0.15, -0.1) is 12.4 Å². The minimum absolute atomic E-state index is 0. The molecule has 2 fully saturated rings. The number of hydrogen-bond donors (Lipinski definition) is 1. The van der Waals surface area contributed by atoms with Crippen LogP contribution in [0.25, 0.3) is 0 Å². The molecule has 2 heterocycles. The van der Waals surface area contributed by atoms with Crippen LogP contribution in [0.2, 0.25) is 0 Å². The van der Waals surface area contributed by atoms with Crippen molar-refractivity contribution in [2.75, 3.05) is 39.9 Å². The molecule has 4 nitrogen and oxygen atoms in total. The molecule has 21 heavy (non-hydrogen) atoms. The van der Waals surface area contributed by atoms with Crippen LogP contribution in [0.3, 0.4) is 0 Å². The molecule has 2 rings (SSSR count). The van der Waals surface area contributed by atoms with Crippen molar-refractivity contribution in [3.8, 4) is 0 Å². The predicted molar refractivity (Wildman–Crippen MR) is 87.9 cm³/mol. The number of carbonyl (C=O) groups is 1. The predicted octanol–water partition coefficient (Wildman–Crippen LogP) is 2.46. The highest BCUT2D eigenvalue weighted by Crippen LogP contribution is 2.37. The largest absolute Gasteiger partial charge is 0.384 e. The van der Waals surface area contributed by atoms with E-state index < -0.39 is 0 Å². The van der Waals surface area contributed by atoms with Crippen molar-refractivity contribution >= 4 is 18.3 Å². The summed E-state index contributed by atoms with van der Waals surface area (Å²) in [4.78, 5) is 15.2. The number of halogens is 1. The van der Waals surface area contributed by atoms with E-state index in [2.05, 4.69) is 24.1 Å². The molecule has 1 N–H and O–H groups in total. The van der Waals surface area contributed by atoms with E-state index in [9.17, 15) is 4.79 Å². The number of nitrogens with zero attached hydrogens (tertiary/aromatic N) is 1. The topological polar surface area (TPSA) is 41.6 Å². The molecule has 2 saturated heterocycles. The molecule has 0 aliphatic carbocycles. The van der Waals surface area contributed by atoms with Crippen LogP contribution in [0.5, 0.6) is 0 Å². The first-order chi connectivity index (χ1) is 9.55. The van der Waals surface area contributed by atoms with Gasteiger partial charge in [-0.25, -0.2) is 0 Å². The van der Waals surface area contributed by atoms with Crippen LogP contribution in [-0.2, 0) is 9.53 Å². The summed E-state index contributed by atoms with van der Waals surface area (Å²) in [6, 6.07) is 0. The molecule has 5 heteroatoms. The first-order valence-electron chi connectivity index (χ1n) is 8.04. The molecule has 0 aromatic rings. The van der Waals surface area contributed by atoms with E-state index in [1.807, 2.05) is 0 Å². The summed E-state index contributed by atoms with van der Waals surface area (Å²) in [5.41, 5.74) is 0.0150. The third-order valence-corrected chi connectivity index (χ3v) is 5.36. The van der Waals surface area contributed by atoms with Crippen LogP contribution in [0.1, 0.15) is 46.0 Å². The number of hydrogen-bond acceptors (Lipinski definition) is 3. The Morgan fingerprint density at radius 1 is 1.29 bits per heavy atom.